The number of nitrogens with zero attached hydrogens (tertiary/aromatic N) is 1. The number of ether oxygens (including phenoxy) is 1. The van der Waals surface area contributed by atoms with Crippen LogP contribution in [-0.4, -0.2) is 60.3 Å². The van der Waals surface area contributed by atoms with Crippen LogP contribution in [0, 0.1) is 5.92 Å². The van der Waals surface area contributed by atoms with Gasteiger partial charge in [0.25, 0.3) is 0 Å². The lowest BCUT2D eigenvalue weighted by atomic mass is 9.98. The smallest absolute Gasteiger partial charge is 0.407 e. The van der Waals surface area contributed by atoms with Crippen molar-refractivity contribution < 1.29 is 24.2 Å². The molecule has 0 aromatic heterocycles. The van der Waals surface area contributed by atoms with E-state index in [-0.39, 0.29) is 25.0 Å². The second-order valence-corrected chi connectivity index (χ2v) is 10.4. The lowest BCUT2D eigenvalue weighted by Crippen LogP contribution is -2.56. The quantitative estimate of drug-likeness (QED) is 0.307. The van der Waals surface area contributed by atoms with Crippen molar-refractivity contribution in [1.29, 1.82) is 0 Å². The van der Waals surface area contributed by atoms with Gasteiger partial charge in [-0.25, -0.2) is 9.59 Å². The molecule has 8 heteroatoms. The average Bonchev–Trinajstić information content (AvgIpc) is 3.27. The van der Waals surface area contributed by atoms with Crippen molar-refractivity contribution in [2.24, 2.45) is 5.92 Å². The molecule has 0 heterocycles. The zero-order valence-electron chi connectivity index (χ0n) is 23.2. The monoisotopic (exact) mass is 543 g/mol. The number of carboxylic acid groups (broad SMARTS) is 1. The maximum atomic E-state index is 13.3. The fourth-order valence-corrected chi connectivity index (χ4v) is 5.18. The van der Waals surface area contributed by atoms with E-state index in [2.05, 4.69) is 22.8 Å². The van der Waals surface area contributed by atoms with E-state index in [1.54, 1.807) is 6.92 Å². The van der Waals surface area contributed by atoms with Crippen LogP contribution in [0.3, 0.4) is 0 Å². The molecule has 1 aliphatic carbocycles. The number of carbonyl (C=O) groups is 3. The van der Waals surface area contributed by atoms with Crippen molar-refractivity contribution in [2.75, 3.05) is 20.2 Å². The topological polar surface area (TPSA) is 108 Å². The van der Waals surface area contributed by atoms with Crippen LogP contribution < -0.4 is 10.6 Å². The minimum atomic E-state index is -1.11. The Morgan fingerprint density at radius 1 is 0.900 bits per heavy atom. The lowest BCUT2D eigenvalue weighted by Gasteiger charge is -2.27. The maximum absolute atomic E-state index is 13.3. The Morgan fingerprint density at radius 2 is 1.48 bits per heavy atom. The molecule has 210 valence electrons. The van der Waals surface area contributed by atoms with Gasteiger partial charge >= 0.3 is 12.1 Å². The van der Waals surface area contributed by atoms with Gasteiger partial charge in [0.2, 0.25) is 5.91 Å². The average molecular weight is 544 g/mol. The third-order valence-corrected chi connectivity index (χ3v) is 7.52. The Kier molecular flexibility index (Phi) is 9.56. The molecule has 0 fully saturated rings. The standard InChI is InChI=1S/C32H37N3O5/c1-4-21(2)29(31(37)38)34-30(36)28(19-35(3)18-22-12-6-5-7-13-22)33-32(39)40-20-27-25-16-10-8-14-23(25)24-15-9-11-17-26(24)27/h5-17,21,27-29H,4,18-20H2,1-3H3,(H,33,39)(H,34,36)(H,37,38)/t21-,28?,29-/m0/s1. The molecular formula is C32H37N3O5. The van der Waals surface area contributed by atoms with Crippen LogP contribution in [-0.2, 0) is 20.9 Å². The van der Waals surface area contributed by atoms with Crippen molar-refractivity contribution in [2.45, 2.75) is 44.8 Å². The van der Waals surface area contributed by atoms with E-state index >= 15 is 0 Å². The first-order valence-electron chi connectivity index (χ1n) is 13.7. The van der Waals surface area contributed by atoms with Crippen LogP contribution in [0.2, 0.25) is 0 Å². The normalized spacial score (nSPS) is 14.5. The number of fused-ring (bicyclic) bond motifs is 3. The number of hydrogen-bond acceptors (Lipinski definition) is 5. The molecule has 3 aromatic rings. The van der Waals surface area contributed by atoms with E-state index in [4.69, 9.17) is 4.74 Å². The Balaban J connectivity index is 1.46. The molecule has 0 spiro atoms. The van der Waals surface area contributed by atoms with Crippen molar-refractivity contribution >= 4 is 18.0 Å². The van der Waals surface area contributed by atoms with Crippen molar-refractivity contribution in [3.05, 3.63) is 95.6 Å². The first-order valence-corrected chi connectivity index (χ1v) is 13.7. The predicted octanol–water partition coefficient (Wildman–Crippen LogP) is 4.64. The summed E-state index contributed by atoms with van der Waals surface area (Å²) in [5.41, 5.74) is 5.47. The Morgan fingerprint density at radius 3 is 2.05 bits per heavy atom. The molecule has 3 atom stereocenters. The van der Waals surface area contributed by atoms with Crippen molar-refractivity contribution in [1.82, 2.24) is 15.5 Å². The zero-order valence-corrected chi connectivity index (χ0v) is 23.2. The van der Waals surface area contributed by atoms with Gasteiger partial charge < -0.3 is 20.5 Å². The lowest BCUT2D eigenvalue weighted by molar-refractivity contribution is -0.143. The van der Waals surface area contributed by atoms with Crippen molar-refractivity contribution in [3.8, 4) is 11.1 Å². The van der Waals surface area contributed by atoms with E-state index in [0.717, 1.165) is 27.8 Å². The Bertz CT molecular complexity index is 1280. The summed E-state index contributed by atoms with van der Waals surface area (Å²) in [7, 11) is 1.84. The third-order valence-electron chi connectivity index (χ3n) is 7.52. The predicted molar refractivity (Wildman–Crippen MR) is 154 cm³/mol. The second kappa shape index (κ2) is 13.3. The van der Waals surface area contributed by atoms with Crippen LogP contribution in [0.4, 0.5) is 4.79 Å². The molecule has 3 N–H and O–H groups in total. The summed E-state index contributed by atoms with van der Waals surface area (Å²) in [6.45, 7) is 4.46. The number of amides is 2. The fraction of sp³-hybridized carbons (Fsp3) is 0.344. The van der Waals surface area contributed by atoms with E-state index in [1.165, 1.54) is 0 Å². The van der Waals surface area contributed by atoms with Crippen LogP contribution >= 0.6 is 0 Å². The molecule has 8 nitrogen and oxygen atoms in total. The van der Waals surface area contributed by atoms with E-state index in [9.17, 15) is 19.5 Å². The maximum Gasteiger partial charge on any atom is 0.407 e. The summed E-state index contributed by atoms with van der Waals surface area (Å²) < 4.78 is 5.68. The van der Waals surface area contributed by atoms with Crippen LogP contribution in [0.25, 0.3) is 11.1 Å². The molecule has 0 bridgehead atoms. The fourth-order valence-electron chi connectivity index (χ4n) is 5.18. The highest BCUT2D eigenvalue weighted by Crippen LogP contribution is 2.44. The van der Waals surface area contributed by atoms with Gasteiger partial charge in [-0.2, -0.15) is 0 Å². The first kappa shape index (κ1) is 28.8. The molecule has 40 heavy (non-hydrogen) atoms. The molecule has 0 saturated heterocycles. The number of benzene rings is 3. The number of carboxylic acids is 1. The summed E-state index contributed by atoms with van der Waals surface area (Å²) >= 11 is 0. The number of rotatable bonds is 12. The summed E-state index contributed by atoms with van der Waals surface area (Å²) in [4.78, 5) is 40.1. The van der Waals surface area contributed by atoms with Crippen molar-refractivity contribution in [3.63, 3.8) is 0 Å². The van der Waals surface area contributed by atoms with Crippen LogP contribution in [0.15, 0.2) is 78.9 Å². The summed E-state index contributed by atoms with van der Waals surface area (Å²) in [6.07, 6.45) is -0.152. The van der Waals surface area contributed by atoms with Crippen LogP contribution in [0.5, 0.6) is 0 Å². The molecule has 2 amide bonds. The second-order valence-electron chi connectivity index (χ2n) is 10.4. The van der Waals surface area contributed by atoms with Gasteiger partial charge in [-0.05, 0) is 40.8 Å². The SMILES string of the molecule is CC[C@H](C)[C@H](NC(=O)C(CN(C)Cc1ccccc1)NC(=O)OCC1c2ccccc2-c2ccccc21)C(=O)O. The van der Waals surface area contributed by atoms with Gasteiger partial charge in [0.05, 0.1) is 0 Å². The molecule has 4 rings (SSSR count). The van der Waals surface area contributed by atoms with Gasteiger partial charge in [0.15, 0.2) is 0 Å². The largest absolute Gasteiger partial charge is 0.480 e. The van der Waals surface area contributed by atoms with E-state index in [1.807, 2.05) is 85.6 Å². The number of likely N-dealkylation sites (N-methyl/N-ethyl adjacent to an activating group) is 1. The van der Waals surface area contributed by atoms with Gasteiger partial charge in [0.1, 0.15) is 18.7 Å². The minimum Gasteiger partial charge on any atom is -0.480 e. The summed E-state index contributed by atoms with van der Waals surface area (Å²) in [5.74, 6) is -2.08. The number of carbonyl (C=O) groups excluding carboxylic acids is 2. The molecule has 3 aromatic carbocycles. The highest BCUT2D eigenvalue weighted by Gasteiger charge is 2.32. The zero-order chi connectivity index (χ0) is 28.6. The summed E-state index contributed by atoms with van der Waals surface area (Å²) in [6, 6.07) is 23.8. The number of nitrogens with one attached hydrogen (secondary N) is 2. The highest BCUT2D eigenvalue weighted by atomic mass is 16.5. The molecular weight excluding hydrogens is 506 g/mol. The Labute approximate surface area is 235 Å². The summed E-state index contributed by atoms with van der Waals surface area (Å²) in [5, 5.41) is 15.0. The molecule has 0 radical (unpaired) electrons. The number of alkyl carbamates (subject to hydrolysis) is 1. The van der Waals surface area contributed by atoms with E-state index < -0.39 is 30.1 Å². The molecule has 1 aliphatic rings. The molecule has 0 aliphatic heterocycles. The minimum absolute atomic E-state index is 0.110. The molecule has 0 saturated carbocycles. The Hall–Kier alpha value is -4.17. The van der Waals surface area contributed by atoms with Gasteiger partial charge in [-0.1, -0.05) is 99.1 Å². The highest BCUT2D eigenvalue weighted by molar-refractivity contribution is 5.89. The molecule has 1 unspecified atom stereocenters. The van der Waals surface area contributed by atoms with Gasteiger partial charge in [0, 0.05) is 19.0 Å². The number of hydrogen-bond donors (Lipinski definition) is 3. The van der Waals surface area contributed by atoms with Gasteiger partial charge in [-0.3, -0.25) is 9.69 Å². The van der Waals surface area contributed by atoms with Crippen LogP contribution in [0.1, 0.15) is 42.9 Å². The third kappa shape index (κ3) is 6.87. The number of aliphatic carboxylic acids is 1. The van der Waals surface area contributed by atoms with E-state index in [0.29, 0.717) is 13.0 Å². The van der Waals surface area contributed by atoms with Gasteiger partial charge in [-0.15, -0.1) is 0 Å². The first-order chi connectivity index (χ1) is 19.3.